The highest BCUT2D eigenvalue weighted by Crippen LogP contribution is 2.24. The Morgan fingerprint density at radius 2 is 1.94 bits per heavy atom. The van der Waals surface area contributed by atoms with Crippen LogP contribution in [0.4, 0.5) is 0 Å². The van der Waals surface area contributed by atoms with E-state index in [1.807, 2.05) is 6.92 Å². The normalized spacial score (nSPS) is 12.7. The van der Waals surface area contributed by atoms with Gasteiger partial charge in [0.15, 0.2) is 0 Å². The molecule has 0 aliphatic rings. The number of aromatic nitrogens is 2. The molecule has 0 bridgehead atoms. The summed E-state index contributed by atoms with van der Waals surface area (Å²) in [5, 5.41) is 10.1. The van der Waals surface area contributed by atoms with Crippen molar-refractivity contribution in [2.75, 3.05) is 0 Å². The van der Waals surface area contributed by atoms with Crippen molar-refractivity contribution in [3.63, 3.8) is 0 Å². The third kappa shape index (κ3) is 2.80. The molecule has 4 heteroatoms. The number of rotatable bonds is 3. The third-order valence-electron chi connectivity index (χ3n) is 2.30. The van der Waals surface area contributed by atoms with Crippen LogP contribution in [0.3, 0.4) is 0 Å². The number of hydrogen-bond donors (Lipinski definition) is 0. The first-order valence-corrected chi connectivity index (χ1v) is 6.42. The highest BCUT2D eigenvalue weighted by atomic mass is 35.5. The molecule has 0 saturated heterocycles. The first-order valence-electron chi connectivity index (χ1n) is 5.17. The molecular weight excluding hydrogens is 240 g/mol. The van der Waals surface area contributed by atoms with E-state index in [0.29, 0.717) is 0 Å². The molecule has 2 rings (SSSR count). The lowest BCUT2D eigenvalue weighted by molar-refractivity contribution is 0.931. The van der Waals surface area contributed by atoms with E-state index in [4.69, 9.17) is 11.6 Å². The average Bonchev–Trinajstić information content (AvgIpc) is 2.70. The lowest BCUT2D eigenvalue weighted by Gasteiger charge is -1.97. The predicted molar refractivity (Wildman–Crippen MR) is 68.2 cm³/mol. The summed E-state index contributed by atoms with van der Waals surface area (Å²) in [5.41, 5.74) is 2.53. The van der Waals surface area contributed by atoms with Crippen molar-refractivity contribution in [2.45, 2.75) is 25.6 Å². The monoisotopic (exact) mass is 252 g/mol. The van der Waals surface area contributed by atoms with Crippen molar-refractivity contribution in [1.82, 2.24) is 10.2 Å². The average molecular weight is 253 g/mol. The van der Waals surface area contributed by atoms with Gasteiger partial charge in [0.1, 0.15) is 10.0 Å². The molecule has 1 atom stereocenters. The quantitative estimate of drug-likeness (QED) is 0.778. The first-order chi connectivity index (χ1) is 7.65. The van der Waals surface area contributed by atoms with Crippen LogP contribution in [0.2, 0.25) is 0 Å². The van der Waals surface area contributed by atoms with Crippen LogP contribution in [0.5, 0.6) is 0 Å². The standard InChI is InChI=1S/C12H13ClN2S/c1-8-3-5-10(6-4-8)7-11-14-15-12(16-11)9(2)13/h3-6,9H,7H2,1-2H3. The molecule has 0 fully saturated rings. The molecule has 0 N–H and O–H groups in total. The molecule has 1 aromatic heterocycles. The molecule has 84 valence electrons. The zero-order chi connectivity index (χ0) is 11.5. The molecule has 2 nitrogen and oxygen atoms in total. The number of hydrogen-bond acceptors (Lipinski definition) is 3. The summed E-state index contributed by atoms with van der Waals surface area (Å²) in [6, 6.07) is 8.48. The second-order valence-electron chi connectivity index (χ2n) is 3.81. The Balaban J connectivity index is 2.11. The number of halogens is 1. The van der Waals surface area contributed by atoms with Crippen LogP contribution in [0.1, 0.15) is 33.4 Å². The number of nitrogens with zero attached hydrogens (tertiary/aromatic N) is 2. The van der Waals surface area contributed by atoms with Gasteiger partial charge in [-0.1, -0.05) is 41.2 Å². The second-order valence-corrected chi connectivity index (χ2v) is 5.56. The molecule has 2 aromatic rings. The molecular formula is C12H13ClN2S. The lowest BCUT2D eigenvalue weighted by Crippen LogP contribution is -1.87. The Bertz CT molecular complexity index is 462. The van der Waals surface area contributed by atoms with Crippen molar-refractivity contribution in [3.8, 4) is 0 Å². The zero-order valence-electron chi connectivity index (χ0n) is 9.27. The Labute approximate surface area is 104 Å². The molecule has 1 unspecified atom stereocenters. The van der Waals surface area contributed by atoms with E-state index < -0.39 is 0 Å². The van der Waals surface area contributed by atoms with Crippen LogP contribution in [0.15, 0.2) is 24.3 Å². The van der Waals surface area contributed by atoms with Gasteiger partial charge < -0.3 is 0 Å². The zero-order valence-corrected chi connectivity index (χ0v) is 10.8. The largest absolute Gasteiger partial charge is 0.143 e. The fourth-order valence-electron chi connectivity index (χ4n) is 1.38. The van der Waals surface area contributed by atoms with E-state index in [9.17, 15) is 0 Å². The van der Waals surface area contributed by atoms with Crippen LogP contribution in [0.25, 0.3) is 0 Å². The van der Waals surface area contributed by atoms with Gasteiger partial charge in [-0.25, -0.2) is 0 Å². The minimum atomic E-state index is -0.0516. The van der Waals surface area contributed by atoms with Gasteiger partial charge in [-0.3, -0.25) is 0 Å². The van der Waals surface area contributed by atoms with Crippen LogP contribution in [0, 0.1) is 6.92 Å². The molecule has 16 heavy (non-hydrogen) atoms. The second kappa shape index (κ2) is 4.93. The number of alkyl halides is 1. The van der Waals surface area contributed by atoms with E-state index in [1.54, 1.807) is 11.3 Å². The van der Waals surface area contributed by atoms with Gasteiger partial charge in [-0.2, -0.15) is 0 Å². The number of benzene rings is 1. The van der Waals surface area contributed by atoms with Gasteiger partial charge in [-0.05, 0) is 19.4 Å². The van der Waals surface area contributed by atoms with Crippen LogP contribution >= 0.6 is 22.9 Å². The van der Waals surface area contributed by atoms with Gasteiger partial charge in [0.05, 0.1) is 5.38 Å². The molecule has 0 spiro atoms. The molecule has 0 aliphatic carbocycles. The van der Waals surface area contributed by atoms with Gasteiger partial charge in [-0.15, -0.1) is 21.8 Å². The summed E-state index contributed by atoms with van der Waals surface area (Å²) in [7, 11) is 0. The highest BCUT2D eigenvalue weighted by Gasteiger charge is 2.09. The smallest absolute Gasteiger partial charge is 0.135 e. The van der Waals surface area contributed by atoms with Gasteiger partial charge in [0.2, 0.25) is 0 Å². The van der Waals surface area contributed by atoms with Crippen molar-refractivity contribution < 1.29 is 0 Å². The van der Waals surface area contributed by atoms with Gasteiger partial charge in [0, 0.05) is 6.42 Å². The predicted octanol–water partition coefficient (Wildman–Crippen LogP) is 3.74. The Kier molecular flexibility index (Phi) is 3.56. The van der Waals surface area contributed by atoms with Crippen LogP contribution < -0.4 is 0 Å². The maximum Gasteiger partial charge on any atom is 0.135 e. The van der Waals surface area contributed by atoms with Crippen molar-refractivity contribution in [1.29, 1.82) is 0 Å². The lowest BCUT2D eigenvalue weighted by atomic mass is 10.1. The van der Waals surface area contributed by atoms with Crippen molar-refractivity contribution in [2.24, 2.45) is 0 Å². The van der Waals surface area contributed by atoms with E-state index >= 15 is 0 Å². The van der Waals surface area contributed by atoms with Gasteiger partial charge >= 0.3 is 0 Å². The van der Waals surface area contributed by atoms with E-state index in [0.717, 1.165) is 16.4 Å². The summed E-state index contributed by atoms with van der Waals surface area (Å²) in [5.74, 6) is 0. The minimum Gasteiger partial charge on any atom is -0.143 e. The SMILES string of the molecule is Cc1ccc(Cc2nnc(C(C)Cl)s2)cc1. The highest BCUT2D eigenvalue weighted by molar-refractivity contribution is 7.11. The summed E-state index contributed by atoms with van der Waals surface area (Å²) in [6.07, 6.45) is 0.835. The molecule has 0 aliphatic heterocycles. The minimum absolute atomic E-state index is 0.0516. The van der Waals surface area contributed by atoms with E-state index in [2.05, 4.69) is 41.4 Å². The molecule has 0 amide bonds. The van der Waals surface area contributed by atoms with Crippen LogP contribution in [-0.2, 0) is 6.42 Å². The third-order valence-corrected chi connectivity index (χ3v) is 3.74. The fourth-order valence-corrected chi connectivity index (χ4v) is 2.36. The van der Waals surface area contributed by atoms with E-state index in [1.165, 1.54) is 11.1 Å². The van der Waals surface area contributed by atoms with Gasteiger partial charge in [0.25, 0.3) is 0 Å². The molecule has 1 heterocycles. The first kappa shape index (κ1) is 11.6. The Morgan fingerprint density at radius 3 is 2.50 bits per heavy atom. The van der Waals surface area contributed by atoms with Crippen molar-refractivity contribution >= 4 is 22.9 Å². The summed E-state index contributed by atoms with van der Waals surface area (Å²) < 4.78 is 0. The Hall–Kier alpha value is -0.930. The fraction of sp³-hybridized carbons (Fsp3) is 0.333. The molecule has 0 saturated carbocycles. The Morgan fingerprint density at radius 1 is 1.25 bits per heavy atom. The molecule has 0 radical (unpaired) electrons. The van der Waals surface area contributed by atoms with E-state index in [-0.39, 0.29) is 5.38 Å². The summed E-state index contributed by atoms with van der Waals surface area (Å²) >= 11 is 7.53. The summed E-state index contributed by atoms with van der Waals surface area (Å²) in [4.78, 5) is 0. The van der Waals surface area contributed by atoms with Crippen LogP contribution in [-0.4, -0.2) is 10.2 Å². The maximum atomic E-state index is 5.95. The topological polar surface area (TPSA) is 25.8 Å². The van der Waals surface area contributed by atoms with Crippen molar-refractivity contribution in [3.05, 3.63) is 45.4 Å². The summed E-state index contributed by atoms with van der Waals surface area (Å²) in [6.45, 7) is 4.00. The maximum absolute atomic E-state index is 5.95. The number of aryl methyl sites for hydroxylation is 1. The molecule has 1 aromatic carbocycles.